The lowest BCUT2D eigenvalue weighted by atomic mass is 10.1. The molecule has 0 aliphatic carbocycles. The predicted octanol–water partition coefficient (Wildman–Crippen LogP) is 5.41. The Morgan fingerprint density at radius 2 is 1.97 bits per heavy atom. The molecule has 172 valence electrons. The molecule has 1 unspecified atom stereocenters. The van der Waals surface area contributed by atoms with Gasteiger partial charge in [-0.3, -0.25) is 0 Å². The monoisotopic (exact) mass is 483 g/mol. The molecule has 1 atom stereocenters. The van der Waals surface area contributed by atoms with Crippen molar-refractivity contribution in [2.45, 2.75) is 50.9 Å². The Hall–Kier alpha value is -2.84. The third-order valence-corrected chi connectivity index (χ3v) is 6.33. The summed E-state index contributed by atoms with van der Waals surface area (Å²) in [6.07, 6.45) is 0.00937. The standard InChI is InChI=1S/C24H26ClN5O2S/c1-15-12-17(10-11-18(15)25)20-14-33-22-28-27-21(30(22)29-20)19(13-16-8-6-5-7-9-16)26-23(31)32-24(2,3)4/h5-12,19H,13-14H2,1-4H3,(H,26,31). The van der Waals surface area contributed by atoms with Gasteiger partial charge in [0.1, 0.15) is 5.60 Å². The Bertz CT molecular complexity index is 1190. The van der Waals surface area contributed by atoms with Crippen molar-refractivity contribution in [3.8, 4) is 0 Å². The number of ether oxygens (including phenoxy) is 1. The second-order valence-corrected chi connectivity index (χ2v) is 10.2. The van der Waals surface area contributed by atoms with Crippen LogP contribution in [0.3, 0.4) is 0 Å². The Balaban J connectivity index is 1.68. The van der Waals surface area contributed by atoms with Crippen molar-refractivity contribution < 1.29 is 9.53 Å². The predicted molar refractivity (Wildman–Crippen MR) is 131 cm³/mol. The van der Waals surface area contributed by atoms with Crippen molar-refractivity contribution in [3.05, 3.63) is 76.1 Å². The lowest BCUT2D eigenvalue weighted by Gasteiger charge is -2.24. The number of carbonyl (C=O) groups is 1. The van der Waals surface area contributed by atoms with E-state index in [-0.39, 0.29) is 0 Å². The number of thioether (sulfide) groups is 1. The number of hydrogen-bond acceptors (Lipinski definition) is 6. The molecule has 1 aliphatic heterocycles. The van der Waals surface area contributed by atoms with Crippen LogP contribution in [-0.4, -0.2) is 38.0 Å². The van der Waals surface area contributed by atoms with Gasteiger partial charge in [-0.2, -0.15) is 9.78 Å². The molecule has 7 nitrogen and oxygen atoms in total. The highest BCUT2D eigenvalue weighted by Gasteiger charge is 2.28. The first-order chi connectivity index (χ1) is 15.7. The fourth-order valence-electron chi connectivity index (χ4n) is 3.43. The summed E-state index contributed by atoms with van der Waals surface area (Å²) in [4.78, 5) is 12.6. The van der Waals surface area contributed by atoms with Crippen molar-refractivity contribution in [1.82, 2.24) is 20.2 Å². The van der Waals surface area contributed by atoms with Gasteiger partial charge in [0, 0.05) is 17.2 Å². The first kappa shape index (κ1) is 23.3. The summed E-state index contributed by atoms with van der Waals surface area (Å²) >= 11 is 7.76. The summed E-state index contributed by atoms with van der Waals surface area (Å²) in [5.74, 6) is 1.22. The van der Waals surface area contributed by atoms with Crippen LogP contribution in [0.2, 0.25) is 5.02 Å². The van der Waals surface area contributed by atoms with E-state index in [4.69, 9.17) is 21.4 Å². The van der Waals surface area contributed by atoms with Crippen molar-refractivity contribution in [2.24, 2.45) is 5.10 Å². The number of benzene rings is 2. The molecule has 1 amide bonds. The number of fused-ring (bicyclic) bond motifs is 1. The third kappa shape index (κ3) is 5.75. The molecule has 0 saturated heterocycles. The van der Waals surface area contributed by atoms with E-state index in [1.807, 2.05) is 76.2 Å². The fourth-order valence-corrected chi connectivity index (χ4v) is 4.40. The van der Waals surface area contributed by atoms with Crippen LogP contribution < -0.4 is 5.32 Å². The molecule has 3 aromatic rings. The van der Waals surface area contributed by atoms with Gasteiger partial charge in [-0.25, -0.2) is 4.79 Å². The topological polar surface area (TPSA) is 81.4 Å². The Morgan fingerprint density at radius 3 is 2.67 bits per heavy atom. The average molecular weight is 484 g/mol. The van der Waals surface area contributed by atoms with E-state index in [1.54, 1.807) is 16.4 Å². The zero-order valence-corrected chi connectivity index (χ0v) is 20.6. The molecule has 1 aromatic heterocycles. The minimum absolute atomic E-state index is 0.473. The van der Waals surface area contributed by atoms with Crippen LogP contribution in [0.15, 0.2) is 58.8 Å². The van der Waals surface area contributed by atoms with Crippen molar-refractivity contribution in [1.29, 1.82) is 0 Å². The summed E-state index contributed by atoms with van der Waals surface area (Å²) in [7, 11) is 0. The molecular weight excluding hydrogens is 458 g/mol. The molecule has 9 heteroatoms. The molecule has 33 heavy (non-hydrogen) atoms. The van der Waals surface area contributed by atoms with Gasteiger partial charge < -0.3 is 10.1 Å². The van der Waals surface area contributed by atoms with E-state index in [1.165, 1.54) is 0 Å². The van der Waals surface area contributed by atoms with Gasteiger partial charge in [0.2, 0.25) is 5.16 Å². The van der Waals surface area contributed by atoms with E-state index in [2.05, 4.69) is 15.5 Å². The van der Waals surface area contributed by atoms with Gasteiger partial charge in [-0.1, -0.05) is 59.8 Å². The zero-order chi connectivity index (χ0) is 23.6. The highest BCUT2D eigenvalue weighted by Crippen LogP contribution is 2.29. The summed E-state index contributed by atoms with van der Waals surface area (Å²) in [6.45, 7) is 7.47. The molecule has 0 bridgehead atoms. The number of aromatic nitrogens is 3. The van der Waals surface area contributed by atoms with E-state index in [0.29, 0.717) is 23.2 Å². The lowest BCUT2D eigenvalue weighted by Crippen LogP contribution is -2.37. The Kier molecular flexibility index (Phi) is 6.76. The number of alkyl carbamates (subject to hydrolysis) is 1. The molecule has 2 heterocycles. The van der Waals surface area contributed by atoms with Crippen LogP contribution in [0.4, 0.5) is 4.79 Å². The summed E-state index contributed by atoms with van der Waals surface area (Å²) < 4.78 is 7.22. The number of amides is 1. The van der Waals surface area contributed by atoms with Crippen LogP contribution in [0.25, 0.3) is 0 Å². The van der Waals surface area contributed by atoms with Gasteiger partial charge in [-0.15, -0.1) is 10.2 Å². The molecule has 4 rings (SSSR count). The maximum Gasteiger partial charge on any atom is 0.408 e. The number of hydrogen-bond donors (Lipinski definition) is 1. The van der Waals surface area contributed by atoms with E-state index in [0.717, 1.165) is 27.4 Å². The zero-order valence-electron chi connectivity index (χ0n) is 19.0. The van der Waals surface area contributed by atoms with Gasteiger partial charge in [0.15, 0.2) is 5.82 Å². The van der Waals surface area contributed by atoms with E-state index < -0.39 is 17.7 Å². The quantitative estimate of drug-likeness (QED) is 0.525. The van der Waals surface area contributed by atoms with Crippen LogP contribution in [0.5, 0.6) is 0 Å². The smallest absolute Gasteiger partial charge is 0.408 e. The summed E-state index contributed by atoms with van der Waals surface area (Å²) in [6, 6.07) is 15.3. The largest absolute Gasteiger partial charge is 0.444 e. The number of halogens is 1. The SMILES string of the molecule is Cc1cc(C2=Nn3c(nnc3C(Cc3ccccc3)NC(=O)OC(C)(C)C)SC2)ccc1Cl. The minimum atomic E-state index is -0.612. The second kappa shape index (κ2) is 9.57. The van der Waals surface area contributed by atoms with Gasteiger partial charge in [0.05, 0.1) is 11.8 Å². The molecule has 0 spiro atoms. The summed E-state index contributed by atoms with van der Waals surface area (Å²) in [5, 5.41) is 17.9. The lowest BCUT2D eigenvalue weighted by molar-refractivity contribution is 0.0500. The fraction of sp³-hybridized carbons (Fsp3) is 0.333. The minimum Gasteiger partial charge on any atom is -0.444 e. The molecule has 0 saturated carbocycles. The van der Waals surface area contributed by atoms with Crippen molar-refractivity contribution in [3.63, 3.8) is 0 Å². The maximum atomic E-state index is 12.6. The van der Waals surface area contributed by atoms with Crippen LogP contribution >= 0.6 is 23.4 Å². The van der Waals surface area contributed by atoms with Crippen LogP contribution in [0.1, 0.15) is 49.3 Å². The van der Waals surface area contributed by atoms with E-state index in [9.17, 15) is 4.79 Å². The first-order valence-electron chi connectivity index (χ1n) is 10.7. The average Bonchev–Trinajstić information content (AvgIpc) is 3.18. The van der Waals surface area contributed by atoms with Crippen LogP contribution in [-0.2, 0) is 11.2 Å². The molecule has 1 N–H and O–H groups in total. The first-order valence-corrected chi connectivity index (χ1v) is 12.0. The van der Waals surface area contributed by atoms with Gasteiger partial charge in [-0.05, 0) is 56.5 Å². The van der Waals surface area contributed by atoms with Gasteiger partial charge >= 0.3 is 6.09 Å². The highest BCUT2D eigenvalue weighted by molar-refractivity contribution is 7.99. The van der Waals surface area contributed by atoms with E-state index >= 15 is 0 Å². The number of aryl methyl sites for hydroxylation is 1. The Morgan fingerprint density at radius 1 is 1.21 bits per heavy atom. The molecule has 0 radical (unpaired) electrons. The normalized spacial score (nSPS) is 14.3. The number of nitrogens with zero attached hydrogens (tertiary/aromatic N) is 4. The number of nitrogens with one attached hydrogen (secondary N) is 1. The van der Waals surface area contributed by atoms with Gasteiger partial charge in [0.25, 0.3) is 0 Å². The number of rotatable bonds is 5. The van der Waals surface area contributed by atoms with Crippen molar-refractivity contribution >= 4 is 35.2 Å². The molecule has 2 aromatic carbocycles. The molecule has 0 fully saturated rings. The Labute approximate surface area is 202 Å². The second-order valence-electron chi connectivity index (χ2n) is 8.84. The summed E-state index contributed by atoms with van der Waals surface area (Å²) in [5.41, 5.74) is 3.32. The molecular formula is C24H26ClN5O2S. The van der Waals surface area contributed by atoms with Crippen molar-refractivity contribution in [2.75, 3.05) is 5.75 Å². The van der Waals surface area contributed by atoms with Crippen LogP contribution in [0, 0.1) is 6.92 Å². The highest BCUT2D eigenvalue weighted by atomic mass is 35.5. The maximum absolute atomic E-state index is 12.6. The molecule has 1 aliphatic rings. The third-order valence-electron chi connectivity index (χ3n) is 4.97. The number of carbonyl (C=O) groups excluding carboxylic acids is 1.